The van der Waals surface area contributed by atoms with E-state index in [1.54, 1.807) is 12.1 Å². The highest BCUT2D eigenvalue weighted by Crippen LogP contribution is 2.13. The van der Waals surface area contributed by atoms with Gasteiger partial charge in [0.1, 0.15) is 0 Å². The molecule has 0 aliphatic rings. The topological polar surface area (TPSA) is 52.3 Å². The fourth-order valence-electron chi connectivity index (χ4n) is 1.33. The van der Waals surface area contributed by atoms with Gasteiger partial charge in [-0.25, -0.2) is 0 Å². The zero-order chi connectivity index (χ0) is 11.3. The number of ether oxygens (including phenoxy) is 1. The van der Waals surface area contributed by atoms with Crippen LogP contribution in [0, 0.1) is 5.92 Å². The molecule has 0 saturated carbocycles. The molecule has 1 rings (SSSR count). The molecule has 0 heterocycles. The van der Waals surface area contributed by atoms with Crippen molar-refractivity contribution in [1.29, 1.82) is 0 Å². The number of benzene rings is 1. The summed E-state index contributed by atoms with van der Waals surface area (Å²) in [5, 5.41) is 0.682. The Balaban J connectivity index is 2.66. The molecule has 0 aromatic heterocycles. The molecule has 4 heteroatoms. The van der Waals surface area contributed by atoms with Crippen molar-refractivity contribution < 1.29 is 9.53 Å². The van der Waals surface area contributed by atoms with Gasteiger partial charge in [0.2, 0.25) is 0 Å². The number of esters is 1. The summed E-state index contributed by atoms with van der Waals surface area (Å²) in [6.07, 6.45) is 0.584. The first-order valence-corrected chi connectivity index (χ1v) is 5.07. The Morgan fingerprint density at radius 2 is 2.07 bits per heavy atom. The molecule has 1 aromatic carbocycles. The highest BCUT2D eigenvalue weighted by Gasteiger charge is 2.17. The molecule has 0 aliphatic carbocycles. The maximum Gasteiger partial charge on any atom is 0.310 e. The van der Waals surface area contributed by atoms with Crippen molar-refractivity contribution in [3.8, 4) is 0 Å². The summed E-state index contributed by atoms with van der Waals surface area (Å²) >= 11 is 5.76. The van der Waals surface area contributed by atoms with E-state index in [2.05, 4.69) is 4.74 Å². The van der Waals surface area contributed by atoms with Gasteiger partial charge in [-0.2, -0.15) is 0 Å². The first-order valence-electron chi connectivity index (χ1n) is 4.69. The molecule has 3 nitrogen and oxygen atoms in total. The second-order valence-corrected chi connectivity index (χ2v) is 3.72. The zero-order valence-electron chi connectivity index (χ0n) is 8.57. The van der Waals surface area contributed by atoms with Gasteiger partial charge >= 0.3 is 5.97 Å². The molecule has 0 bridgehead atoms. The van der Waals surface area contributed by atoms with Crippen molar-refractivity contribution >= 4 is 17.6 Å². The fourth-order valence-corrected chi connectivity index (χ4v) is 1.46. The van der Waals surface area contributed by atoms with Gasteiger partial charge in [0.15, 0.2) is 0 Å². The van der Waals surface area contributed by atoms with Crippen LogP contribution in [0.4, 0.5) is 0 Å². The summed E-state index contributed by atoms with van der Waals surface area (Å²) in [6.45, 7) is 0.287. The molecule has 0 radical (unpaired) electrons. The number of rotatable bonds is 4. The number of nitrogens with two attached hydrogens (primary N) is 1. The number of carbonyl (C=O) groups is 1. The molecule has 1 unspecified atom stereocenters. The van der Waals surface area contributed by atoms with Crippen LogP contribution in [-0.2, 0) is 16.0 Å². The number of hydrogen-bond acceptors (Lipinski definition) is 3. The Kier molecular flexibility index (Phi) is 4.59. The minimum atomic E-state index is -0.281. The van der Waals surface area contributed by atoms with Gasteiger partial charge in [-0.1, -0.05) is 23.7 Å². The molecule has 0 fully saturated rings. The van der Waals surface area contributed by atoms with Crippen molar-refractivity contribution in [3.05, 3.63) is 34.9 Å². The van der Waals surface area contributed by atoms with Crippen LogP contribution in [0.5, 0.6) is 0 Å². The third-order valence-electron chi connectivity index (χ3n) is 2.21. The fraction of sp³-hybridized carbons (Fsp3) is 0.364. The standard InChI is InChI=1S/C11H14ClNO2/c1-15-11(14)9(7-13)6-8-2-4-10(12)5-3-8/h2-5,9H,6-7,13H2,1H3. The van der Waals surface area contributed by atoms with Gasteiger partial charge in [-0.05, 0) is 24.1 Å². The van der Waals surface area contributed by atoms with E-state index in [9.17, 15) is 4.79 Å². The molecular weight excluding hydrogens is 214 g/mol. The van der Waals surface area contributed by atoms with Crippen molar-refractivity contribution in [2.24, 2.45) is 11.7 Å². The van der Waals surface area contributed by atoms with E-state index in [-0.39, 0.29) is 18.4 Å². The van der Waals surface area contributed by atoms with Crippen LogP contribution >= 0.6 is 11.6 Å². The highest BCUT2D eigenvalue weighted by atomic mass is 35.5. The second kappa shape index (κ2) is 5.73. The van der Waals surface area contributed by atoms with E-state index >= 15 is 0 Å². The first-order chi connectivity index (χ1) is 7.17. The Hall–Kier alpha value is -1.06. The molecule has 82 valence electrons. The maximum absolute atomic E-state index is 11.3. The van der Waals surface area contributed by atoms with Gasteiger partial charge in [0, 0.05) is 11.6 Å². The van der Waals surface area contributed by atoms with Crippen LogP contribution in [0.3, 0.4) is 0 Å². The second-order valence-electron chi connectivity index (χ2n) is 3.29. The third-order valence-corrected chi connectivity index (χ3v) is 2.47. The molecule has 1 atom stereocenters. The van der Waals surface area contributed by atoms with Crippen LogP contribution in [-0.4, -0.2) is 19.6 Å². The van der Waals surface area contributed by atoms with Gasteiger partial charge in [-0.15, -0.1) is 0 Å². The Morgan fingerprint density at radius 3 is 2.53 bits per heavy atom. The maximum atomic E-state index is 11.3. The van der Waals surface area contributed by atoms with Gasteiger partial charge in [0.25, 0.3) is 0 Å². The average Bonchev–Trinajstić information content (AvgIpc) is 2.27. The predicted molar refractivity (Wildman–Crippen MR) is 59.7 cm³/mol. The molecule has 0 aliphatic heterocycles. The van der Waals surface area contributed by atoms with E-state index < -0.39 is 0 Å². The lowest BCUT2D eigenvalue weighted by atomic mass is 10.00. The summed E-state index contributed by atoms with van der Waals surface area (Å²) in [5.41, 5.74) is 6.53. The first kappa shape index (κ1) is 12.0. The van der Waals surface area contributed by atoms with Gasteiger partial charge < -0.3 is 10.5 Å². The SMILES string of the molecule is COC(=O)C(CN)Cc1ccc(Cl)cc1. The Labute approximate surface area is 94.2 Å². The summed E-state index contributed by atoms with van der Waals surface area (Å²) in [5.74, 6) is -0.552. The number of halogens is 1. The van der Waals surface area contributed by atoms with Gasteiger partial charge in [-0.3, -0.25) is 4.79 Å². The van der Waals surface area contributed by atoms with Gasteiger partial charge in [0.05, 0.1) is 13.0 Å². The van der Waals surface area contributed by atoms with Crippen LogP contribution in [0.15, 0.2) is 24.3 Å². The lowest BCUT2D eigenvalue weighted by Crippen LogP contribution is -2.26. The van der Waals surface area contributed by atoms with E-state index in [0.717, 1.165) is 5.56 Å². The summed E-state index contributed by atoms with van der Waals surface area (Å²) in [6, 6.07) is 7.35. The van der Waals surface area contributed by atoms with E-state index in [4.69, 9.17) is 17.3 Å². The minimum absolute atomic E-state index is 0.271. The molecule has 1 aromatic rings. The third kappa shape index (κ3) is 3.53. The molecule has 0 amide bonds. The zero-order valence-corrected chi connectivity index (χ0v) is 9.33. The Morgan fingerprint density at radius 1 is 1.47 bits per heavy atom. The largest absolute Gasteiger partial charge is 0.469 e. The van der Waals surface area contributed by atoms with E-state index in [1.165, 1.54) is 7.11 Å². The summed E-state index contributed by atoms with van der Waals surface area (Å²) in [7, 11) is 1.37. The van der Waals surface area contributed by atoms with Crippen molar-refractivity contribution in [2.45, 2.75) is 6.42 Å². The van der Waals surface area contributed by atoms with Crippen LogP contribution in [0.25, 0.3) is 0 Å². The lowest BCUT2D eigenvalue weighted by molar-refractivity contribution is -0.145. The highest BCUT2D eigenvalue weighted by molar-refractivity contribution is 6.30. The van der Waals surface area contributed by atoms with Crippen LogP contribution in [0.1, 0.15) is 5.56 Å². The van der Waals surface area contributed by atoms with Crippen molar-refractivity contribution in [1.82, 2.24) is 0 Å². The van der Waals surface area contributed by atoms with Crippen molar-refractivity contribution in [2.75, 3.05) is 13.7 Å². The smallest absolute Gasteiger partial charge is 0.310 e. The molecule has 15 heavy (non-hydrogen) atoms. The Bertz CT molecular complexity index is 324. The summed E-state index contributed by atoms with van der Waals surface area (Å²) in [4.78, 5) is 11.3. The number of hydrogen-bond donors (Lipinski definition) is 1. The van der Waals surface area contributed by atoms with Crippen LogP contribution in [0.2, 0.25) is 5.02 Å². The van der Waals surface area contributed by atoms with E-state index in [0.29, 0.717) is 11.4 Å². The lowest BCUT2D eigenvalue weighted by Gasteiger charge is -2.11. The average molecular weight is 228 g/mol. The minimum Gasteiger partial charge on any atom is -0.469 e. The van der Waals surface area contributed by atoms with E-state index in [1.807, 2.05) is 12.1 Å². The normalized spacial score (nSPS) is 12.2. The monoisotopic (exact) mass is 227 g/mol. The molecule has 0 saturated heterocycles. The van der Waals surface area contributed by atoms with Crippen molar-refractivity contribution in [3.63, 3.8) is 0 Å². The molecule has 2 N–H and O–H groups in total. The number of carbonyl (C=O) groups excluding carboxylic acids is 1. The predicted octanol–water partition coefficient (Wildman–Crippen LogP) is 1.63. The van der Waals surface area contributed by atoms with Crippen LogP contribution < -0.4 is 5.73 Å². The quantitative estimate of drug-likeness (QED) is 0.796. The summed E-state index contributed by atoms with van der Waals surface area (Å²) < 4.78 is 4.65. The molecule has 0 spiro atoms. The molecular formula is C11H14ClNO2. The number of methoxy groups -OCH3 is 1.